The molecule has 6 nitrogen and oxygen atoms in total. The minimum atomic E-state index is -5.08. The molecule has 0 aromatic carbocycles. The van der Waals surface area contributed by atoms with Crippen LogP contribution in [-0.2, 0) is 14.4 Å². The van der Waals surface area contributed by atoms with Crippen LogP contribution in [0.1, 0.15) is 32.6 Å². The zero-order valence-electron chi connectivity index (χ0n) is 14.9. The van der Waals surface area contributed by atoms with Crippen LogP contribution < -0.4 is 0 Å². The number of piperidine rings is 3. The van der Waals surface area contributed by atoms with Crippen molar-refractivity contribution in [2.75, 3.05) is 19.6 Å². The summed E-state index contributed by atoms with van der Waals surface area (Å²) in [6.07, 6.45) is -1.43. The molecule has 1 saturated carbocycles. The van der Waals surface area contributed by atoms with Gasteiger partial charge in [0, 0.05) is 18.0 Å². The maximum Gasteiger partial charge on any atom is 0.490 e. The Hall–Kier alpha value is -0.770. The molecule has 160 valence electrons. The Balaban J connectivity index is 0.000000345. The van der Waals surface area contributed by atoms with E-state index in [9.17, 15) is 22.8 Å². The summed E-state index contributed by atoms with van der Waals surface area (Å²) in [6.45, 7) is 4.21. The van der Waals surface area contributed by atoms with E-state index in [2.05, 4.69) is 4.90 Å². The molecule has 1 N–H and O–H groups in total. The molecule has 0 aromatic rings. The van der Waals surface area contributed by atoms with E-state index in [1.54, 1.807) is 4.90 Å². The summed E-state index contributed by atoms with van der Waals surface area (Å²) in [6, 6.07) is -0.121. The molecule has 1 atom stereocenters. The first-order chi connectivity index (χ1) is 12.7. The fourth-order valence-corrected chi connectivity index (χ4v) is 3.80. The zero-order valence-corrected chi connectivity index (χ0v) is 17.2. The van der Waals surface area contributed by atoms with Gasteiger partial charge < -0.3 is 10.0 Å². The van der Waals surface area contributed by atoms with E-state index in [1.807, 2.05) is 6.92 Å². The molecular weight excluding hydrogens is 448 g/mol. The number of amides is 1. The predicted molar refractivity (Wildman–Crippen MR) is 96.4 cm³/mol. The number of carboxylic acids is 1. The number of carbonyl (C=O) groups excluding carboxylic acids is 2. The third kappa shape index (κ3) is 5.43. The zero-order chi connectivity index (χ0) is 21.5. The Labute approximate surface area is 174 Å². The van der Waals surface area contributed by atoms with Gasteiger partial charge in [-0.1, -0.05) is 41.7 Å². The normalized spacial score (nSPS) is 29.8. The molecule has 1 aliphatic carbocycles. The van der Waals surface area contributed by atoms with Crippen molar-refractivity contribution in [3.63, 3.8) is 0 Å². The van der Waals surface area contributed by atoms with Gasteiger partial charge >= 0.3 is 12.1 Å². The molecule has 28 heavy (non-hydrogen) atoms. The van der Waals surface area contributed by atoms with Crippen LogP contribution in [0.2, 0.25) is 0 Å². The van der Waals surface area contributed by atoms with E-state index in [0.29, 0.717) is 6.54 Å². The van der Waals surface area contributed by atoms with Crippen LogP contribution in [0.5, 0.6) is 0 Å². The molecule has 0 spiro atoms. The van der Waals surface area contributed by atoms with Crippen molar-refractivity contribution in [1.29, 1.82) is 0 Å². The van der Waals surface area contributed by atoms with Gasteiger partial charge in [-0.15, -0.1) is 0 Å². The van der Waals surface area contributed by atoms with Crippen LogP contribution in [0.25, 0.3) is 0 Å². The fourth-order valence-electron chi connectivity index (χ4n) is 3.48. The number of carboxylic acid groups (broad SMARTS) is 1. The van der Waals surface area contributed by atoms with Gasteiger partial charge in [-0.3, -0.25) is 14.5 Å². The van der Waals surface area contributed by atoms with Crippen LogP contribution in [-0.4, -0.2) is 74.3 Å². The maximum atomic E-state index is 12.7. The highest BCUT2D eigenvalue weighted by atomic mass is 35.6. The summed E-state index contributed by atoms with van der Waals surface area (Å²) >= 11 is 17.3. The highest BCUT2D eigenvalue weighted by molar-refractivity contribution is 6.76. The lowest BCUT2D eigenvalue weighted by molar-refractivity contribution is -0.192. The lowest BCUT2D eigenvalue weighted by atomic mass is 9.69. The summed E-state index contributed by atoms with van der Waals surface area (Å²) in [5.74, 6) is -3.02. The van der Waals surface area contributed by atoms with E-state index in [-0.39, 0.29) is 23.3 Å². The van der Waals surface area contributed by atoms with Gasteiger partial charge in [0.15, 0.2) is 5.78 Å². The molecule has 4 rings (SSSR count). The number of Topliss-reactive ketones (excluding diaryl/α,β-unsaturated/α-hetero) is 1. The van der Waals surface area contributed by atoms with Crippen LogP contribution in [0.15, 0.2) is 0 Å². The minimum absolute atomic E-state index is 0.121. The second-order valence-electron chi connectivity index (χ2n) is 7.47. The number of aliphatic carboxylic acids is 1. The molecule has 3 heterocycles. The molecule has 0 aromatic heterocycles. The Bertz CT molecular complexity index is 634. The van der Waals surface area contributed by atoms with Gasteiger partial charge in [-0.05, 0) is 38.8 Å². The third-order valence-electron chi connectivity index (χ3n) is 5.34. The lowest BCUT2D eigenvalue weighted by Crippen LogP contribution is -2.64. The van der Waals surface area contributed by atoms with Gasteiger partial charge in [-0.2, -0.15) is 13.2 Å². The summed E-state index contributed by atoms with van der Waals surface area (Å²) in [5.41, 5.74) is -0.238. The Kier molecular flexibility index (Phi) is 6.85. The maximum absolute atomic E-state index is 12.7. The molecule has 0 radical (unpaired) electrons. The number of carbonyl (C=O) groups is 3. The van der Waals surface area contributed by atoms with Crippen molar-refractivity contribution in [3.8, 4) is 0 Å². The molecule has 3 aliphatic heterocycles. The van der Waals surface area contributed by atoms with Crippen molar-refractivity contribution in [3.05, 3.63) is 0 Å². The average molecular weight is 468 g/mol. The van der Waals surface area contributed by atoms with Crippen molar-refractivity contribution < 1.29 is 32.7 Å². The SMILES string of the molecule is CC12CCN(CC1)C(CN(C(=O)C(Cl)(Cl)Cl)C1CC1)C2=O.O=C(O)C(F)(F)F. The molecule has 1 amide bonds. The Morgan fingerprint density at radius 2 is 1.68 bits per heavy atom. The molecule has 1 unspecified atom stereocenters. The number of alkyl halides is 6. The second kappa shape index (κ2) is 8.16. The van der Waals surface area contributed by atoms with Crippen LogP contribution in [0.4, 0.5) is 13.2 Å². The van der Waals surface area contributed by atoms with Crippen molar-refractivity contribution in [2.24, 2.45) is 5.41 Å². The molecule has 12 heteroatoms. The van der Waals surface area contributed by atoms with Gasteiger partial charge in [0.25, 0.3) is 9.70 Å². The first kappa shape index (κ1) is 23.5. The molecule has 3 saturated heterocycles. The lowest BCUT2D eigenvalue weighted by Gasteiger charge is -2.51. The number of halogens is 6. The molecular formula is C16H20Cl3F3N2O4. The Morgan fingerprint density at radius 1 is 1.21 bits per heavy atom. The number of rotatable bonds is 3. The molecule has 4 fully saturated rings. The number of hydrogen-bond acceptors (Lipinski definition) is 4. The number of fused-ring (bicyclic) bond motifs is 3. The van der Waals surface area contributed by atoms with E-state index >= 15 is 0 Å². The van der Waals surface area contributed by atoms with Crippen LogP contribution >= 0.6 is 34.8 Å². The van der Waals surface area contributed by atoms with E-state index in [4.69, 9.17) is 44.7 Å². The largest absolute Gasteiger partial charge is 0.490 e. The van der Waals surface area contributed by atoms with Crippen LogP contribution in [0, 0.1) is 5.41 Å². The molecule has 2 bridgehead atoms. The van der Waals surface area contributed by atoms with E-state index in [1.165, 1.54) is 0 Å². The van der Waals surface area contributed by atoms with Crippen LogP contribution in [0.3, 0.4) is 0 Å². The standard InChI is InChI=1S/C14H19Cl3N2O2.C2HF3O2/c1-13-4-6-18(7-5-13)10(11(13)20)8-19(9-2-3-9)12(21)14(15,16)17;3-2(4,5)1(6)7/h9-10H,2-8H2,1H3;(H,6,7). The third-order valence-corrected chi connectivity index (χ3v) is 5.83. The highest BCUT2D eigenvalue weighted by Crippen LogP contribution is 2.42. The fraction of sp³-hybridized carbons (Fsp3) is 0.812. The minimum Gasteiger partial charge on any atom is -0.475 e. The second-order valence-corrected chi connectivity index (χ2v) is 9.75. The first-order valence-electron chi connectivity index (χ1n) is 8.63. The quantitative estimate of drug-likeness (QED) is 0.646. The topological polar surface area (TPSA) is 77.9 Å². The first-order valence-corrected chi connectivity index (χ1v) is 9.76. The smallest absolute Gasteiger partial charge is 0.475 e. The van der Waals surface area contributed by atoms with Crippen molar-refractivity contribution in [2.45, 2.75) is 54.7 Å². The van der Waals surface area contributed by atoms with Gasteiger partial charge in [0.05, 0.1) is 6.04 Å². The monoisotopic (exact) mass is 466 g/mol. The van der Waals surface area contributed by atoms with Gasteiger partial charge in [0.2, 0.25) is 0 Å². The summed E-state index contributed by atoms with van der Waals surface area (Å²) in [5, 5.41) is 7.12. The Morgan fingerprint density at radius 3 is 2.04 bits per heavy atom. The van der Waals surface area contributed by atoms with Gasteiger partial charge in [-0.25, -0.2) is 4.79 Å². The number of ketones is 1. The molecule has 4 aliphatic rings. The van der Waals surface area contributed by atoms with Gasteiger partial charge in [0.1, 0.15) is 0 Å². The number of nitrogens with zero attached hydrogens (tertiary/aromatic N) is 2. The average Bonchev–Trinajstić information content (AvgIpc) is 3.39. The van der Waals surface area contributed by atoms with E-state index in [0.717, 1.165) is 38.8 Å². The summed E-state index contributed by atoms with van der Waals surface area (Å²) in [7, 11) is 0. The van der Waals surface area contributed by atoms with E-state index < -0.39 is 21.8 Å². The summed E-state index contributed by atoms with van der Waals surface area (Å²) in [4.78, 5) is 37.7. The summed E-state index contributed by atoms with van der Waals surface area (Å²) < 4.78 is 29.8. The predicted octanol–water partition coefficient (Wildman–Crippen LogP) is 3.03. The number of hydrogen-bond donors (Lipinski definition) is 1. The van der Waals surface area contributed by atoms with Crippen molar-refractivity contribution >= 4 is 52.5 Å². The highest BCUT2D eigenvalue weighted by Gasteiger charge is 2.51. The van der Waals surface area contributed by atoms with Crippen molar-refractivity contribution in [1.82, 2.24) is 9.80 Å².